The molecule has 4 saturated carbocycles. The van der Waals surface area contributed by atoms with Gasteiger partial charge in [0.25, 0.3) is 0 Å². The Labute approximate surface area is 117 Å². The molecule has 5 rings (SSSR count). The van der Waals surface area contributed by atoms with Crippen molar-refractivity contribution >= 4 is 0 Å². The fourth-order valence-electron chi connectivity index (χ4n) is 6.09. The van der Waals surface area contributed by atoms with E-state index in [1.54, 1.807) is 32.1 Å². The van der Waals surface area contributed by atoms with Gasteiger partial charge in [-0.2, -0.15) is 0 Å². The van der Waals surface area contributed by atoms with Crippen LogP contribution in [0.2, 0.25) is 0 Å². The lowest BCUT2D eigenvalue weighted by Crippen LogP contribution is -2.45. The lowest BCUT2D eigenvalue weighted by Gasteiger charge is -2.55. The zero-order valence-corrected chi connectivity index (χ0v) is 12.2. The standard InChI is InChI=1S/C17H29NO/c18-10-17(3-4-19-11-17)2-1-16-14-6-12-5-13(8-14)9-15(16)7-12/h12-16H,1-11,18H2. The molecule has 1 unspecified atom stereocenters. The van der Waals surface area contributed by atoms with Crippen LogP contribution in [-0.2, 0) is 4.74 Å². The molecule has 19 heavy (non-hydrogen) atoms. The van der Waals surface area contributed by atoms with Crippen molar-refractivity contribution in [3.63, 3.8) is 0 Å². The van der Waals surface area contributed by atoms with Crippen molar-refractivity contribution in [2.75, 3.05) is 19.8 Å². The average molecular weight is 263 g/mol. The van der Waals surface area contributed by atoms with E-state index in [1.165, 1.54) is 19.3 Å². The van der Waals surface area contributed by atoms with Gasteiger partial charge in [-0.15, -0.1) is 0 Å². The molecule has 1 saturated heterocycles. The van der Waals surface area contributed by atoms with Gasteiger partial charge in [0, 0.05) is 18.6 Å². The van der Waals surface area contributed by atoms with E-state index in [1.807, 2.05) is 0 Å². The second-order valence-corrected chi connectivity index (χ2v) is 8.14. The molecule has 0 aromatic heterocycles. The molecule has 2 nitrogen and oxygen atoms in total. The highest BCUT2D eigenvalue weighted by atomic mass is 16.5. The quantitative estimate of drug-likeness (QED) is 0.845. The SMILES string of the molecule is NCC1(CCC2C3CC4CC(C3)CC2C4)CCOC1. The molecule has 1 heterocycles. The Morgan fingerprint density at radius 1 is 1.00 bits per heavy atom. The van der Waals surface area contributed by atoms with Crippen LogP contribution in [-0.4, -0.2) is 19.8 Å². The Morgan fingerprint density at radius 3 is 2.21 bits per heavy atom. The Balaban J connectivity index is 1.40. The first-order chi connectivity index (χ1) is 9.28. The van der Waals surface area contributed by atoms with E-state index < -0.39 is 0 Å². The molecule has 0 aromatic rings. The lowest BCUT2D eigenvalue weighted by atomic mass is 9.51. The first-order valence-electron chi connectivity index (χ1n) is 8.56. The van der Waals surface area contributed by atoms with Crippen LogP contribution in [0, 0.1) is 35.0 Å². The third kappa shape index (κ3) is 2.15. The molecule has 5 aliphatic rings. The van der Waals surface area contributed by atoms with Crippen molar-refractivity contribution in [2.45, 2.75) is 51.4 Å². The molecule has 1 atom stereocenters. The summed E-state index contributed by atoms with van der Waals surface area (Å²) in [6.07, 6.45) is 11.8. The van der Waals surface area contributed by atoms with E-state index in [2.05, 4.69) is 0 Å². The van der Waals surface area contributed by atoms with Gasteiger partial charge in [0.05, 0.1) is 6.61 Å². The van der Waals surface area contributed by atoms with Crippen LogP contribution in [0.5, 0.6) is 0 Å². The van der Waals surface area contributed by atoms with Crippen LogP contribution in [0.3, 0.4) is 0 Å². The Kier molecular flexibility index (Phi) is 3.15. The molecule has 0 spiro atoms. The van der Waals surface area contributed by atoms with Gasteiger partial charge in [0.1, 0.15) is 0 Å². The van der Waals surface area contributed by atoms with E-state index in [4.69, 9.17) is 10.5 Å². The molecule has 2 heteroatoms. The van der Waals surface area contributed by atoms with Gasteiger partial charge in [-0.1, -0.05) is 0 Å². The first kappa shape index (κ1) is 12.6. The largest absolute Gasteiger partial charge is 0.381 e. The molecule has 1 aliphatic heterocycles. The van der Waals surface area contributed by atoms with Crippen molar-refractivity contribution in [2.24, 2.45) is 40.7 Å². The monoisotopic (exact) mass is 263 g/mol. The second kappa shape index (κ2) is 4.73. The molecule has 0 radical (unpaired) electrons. The first-order valence-corrected chi connectivity index (χ1v) is 8.56. The molecule has 5 fully saturated rings. The van der Waals surface area contributed by atoms with Crippen molar-refractivity contribution in [1.29, 1.82) is 0 Å². The van der Waals surface area contributed by atoms with Gasteiger partial charge in [0.15, 0.2) is 0 Å². The maximum absolute atomic E-state index is 6.05. The Hall–Kier alpha value is -0.0800. The minimum Gasteiger partial charge on any atom is -0.381 e. The number of rotatable bonds is 4. The third-order valence-corrected chi connectivity index (χ3v) is 7.05. The molecular formula is C17H29NO. The summed E-state index contributed by atoms with van der Waals surface area (Å²) in [6.45, 7) is 2.70. The van der Waals surface area contributed by atoms with E-state index >= 15 is 0 Å². The molecule has 0 amide bonds. The van der Waals surface area contributed by atoms with Crippen LogP contribution in [0.1, 0.15) is 51.4 Å². The Bertz CT molecular complexity index is 306. The summed E-state index contributed by atoms with van der Waals surface area (Å²) in [7, 11) is 0. The van der Waals surface area contributed by atoms with Gasteiger partial charge < -0.3 is 10.5 Å². The zero-order chi connectivity index (χ0) is 12.9. The highest BCUT2D eigenvalue weighted by molar-refractivity contribution is 4.98. The van der Waals surface area contributed by atoms with Gasteiger partial charge >= 0.3 is 0 Å². The van der Waals surface area contributed by atoms with Gasteiger partial charge in [-0.25, -0.2) is 0 Å². The van der Waals surface area contributed by atoms with Gasteiger partial charge in [-0.05, 0) is 81.0 Å². The highest BCUT2D eigenvalue weighted by Gasteiger charge is 2.48. The molecule has 4 bridgehead atoms. The van der Waals surface area contributed by atoms with E-state index in [9.17, 15) is 0 Å². The maximum atomic E-state index is 6.05. The number of ether oxygens (including phenoxy) is 1. The van der Waals surface area contributed by atoms with Crippen molar-refractivity contribution < 1.29 is 4.74 Å². The molecule has 0 aromatic carbocycles. The van der Waals surface area contributed by atoms with Crippen LogP contribution in [0.4, 0.5) is 0 Å². The van der Waals surface area contributed by atoms with Crippen molar-refractivity contribution in [3.8, 4) is 0 Å². The lowest BCUT2D eigenvalue weighted by molar-refractivity contribution is -0.0443. The van der Waals surface area contributed by atoms with Crippen LogP contribution >= 0.6 is 0 Å². The van der Waals surface area contributed by atoms with Crippen LogP contribution in [0.15, 0.2) is 0 Å². The van der Waals surface area contributed by atoms with Crippen molar-refractivity contribution in [3.05, 3.63) is 0 Å². The summed E-state index contributed by atoms with van der Waals surface area (Å²) in [5.41, 5.74) is 6.39. The minimum atomic E-state index is 0.342. The number of hydrogen-bond donors (Lipinski definition) is 1. The smallest absolute Gasteiger partial charge is 0.0535 e. The average Bonchev–Trinajstić information content (AvgIpc) is 2.86. The summed E-state index contributed by atoms with van der Waals surface area (Å²) < 4.78 is 5.63. The fourth-order valence-corrected chi connectivity index (χ4v) is 6.09. The van der Waals surface area contributed by atoms with E-state index in [0.29, 0.717) is 5.41 Å². The highest BCUT2D eigenvalue weighted by Crippen LogP contribution is 2.58. The normalized spacial score (nSPS) is 51.9. The summed E-state index contributed by atoms with van der Waals surface area (Å²) >= 11 is 0. The van der Waals surface area contributed by atoms with Crippen LogP contribution in [0.25, 0.3) is 0 Å². The summed E-state index contributed by atoms with van der Waals surface area (Å²) in [6, 6.07) is 0. The van der Waals surface area contributed by atoms with Gasteiger partial charge in [0.2, 0.25) is 0 Å². The Morgan fingerprint density at radius 2 is 1.68 bits per heavy atom. The maximum Gasteiger partial charge on any atom is 0.0535 e. The second-order valence-electron chi connectivity index (χ2n) is 8.14. The third-order valence-electron chi connectivity index (χ3n) is 7.05. The molecule has 108 valence electrons. The zero-order valence-electron chi connectivity index (χ0n) is 12.2. The molecule has 2 N–H and O–H groups in total. The van der Waals surface area contributed by atoms with Gasteiger partial charge in [-0.3, -0.25) is 0 Å². The topological polar surface area (TPSA) is 35.2 Å². The predicted molar refractivity (Wildman–Crippen MR) is 76.7 cm³/mol. The molecular weight excluding hydrogens is 234 g/mol. The minimum absolute atomic E-state index is 0.342. The summed E-state index contributed by atoms with van der Waals surface area (Å²) in [4.78, 5) is 0. The van der Waals surface area contributed by atoms with Crippen LogP contribution < -0.4 is 5.73 Å². The summed E-state index contributed by atoms with van der Waals surface area (Å²) in [5, 5.41) is 0. The van der Waals surface area contributed by atoms with E-state index in [-0.39, 0.29) is 0 Å². The number of nitrogens with two attached hydrogens (primary N) is 1. The van der Waals surface area contributed by atoms with Crippen molar-refractivity contribution in [1.82, 2.24) is 0 Å². The fraction of sp³-hybridized carbons (Fsp3) is 1.00. The van der Waals surface area contributed by atoms with E-state index in [0.717, 1.165) is 49.3 Å². The summed E-state index contributed by atoms with van der Waals surface area (Å²) in [5.74, 6) is 5.41. The predicted octanol–water partition coefficient (Wildman–Crippen LogP) is 3.20. The number of hydrogen-bond acceptors (Lipinski definition) is 2. The molecule has 4 aliphatic carbocycles.